The molecule has 0 fully saturated rings. The van der Waals surface area contributed by atoms with E-state index in [0.29, 0.717) is 11.3 Å². The predicted molar refractivity (Wildman–Crippen MR) is 64.4 cm³/mol. The zero-order valence-electron chi connectivity index (χ0n) is 7.74. The molecule has 1 aromatic rings. The van der Waals surface area contributed by atoms with E-state index in [1.54, 1.807) is 19.2 Å². The van der Waals surface area contributed by atoms with Gasteiger partial charge < -0.3 is 4.74 Å². The number of nitrogens with zero attached hydrogens (tertiary/aromatic N) is 1. The molecule has 0 aliphatic carbocycles. The monoisotopic (exact) mass is 335 g/mol. The lowest BCUT2D eigenvalue weighted by molar-refractivity contribution is -0.400. The zero-order chi connectivity index (χ0) is 11.4. The summed E-state index contributed by atoms with van der Waals surface area (Å²) in [4.78, 5) is 9.63. The average Bonchev–Trinajstić information content (AvgIpc) is 2.14. The molecule has 0 N–H and O–H groups in total. The highest BCUT2D eigenvalue weighted by Crippen LogP contribution is 2.34. The minimum absolute atomic E-state index is 0.508. The summed E-state index contributed by atoms with van der Waals surface area (Å²) < 4.78 is 6.58. The molecule has 0 atom stereocenters. The third kappa shape index (κ3) is 3.32. The van der Waals surface area contributed by atoms with Crippen LogP contribution in [0.2, 0.25) is 0 Å². The maximum Gasteiger partial charge on any atom is 0.235 e. The van der Waals surface area contributed by atoms with Crippen LogP contribution in [0, 0.1) is 10.1 Å². The predicted octanol–water partition coefficient (Wildman–Crippen LogP) is 3.47. The fourth-order valence-electron chi connectivity index (χ4n) is 1.02. The molecule has 0 saturated heterocycles. The van der Waals surface area contributed by atoms with Gasteiger partial charge >= 0.3 is 0 Å². The van der Waals surface area contributed by atoms with Crippen molar-refractivity contribution >= 4 is 37.9 Å². The molecule has 1 rings (SSSR count). The first-order valence-electron chi connectivity index (χ1n) is 3.89. The van der Waals surface area contributed by atoms with Gasteiger partial charge in [0.1, 0.15) is 5.75 Å². The van der Waals surface area contributed by atoms with Crippen molar-refractivity contribution in [1.82, 2.24) is 0 Å². The van der Waals surface area contributed by atoms with E-state index in [9.17, 15) is 10.1 Å². The largest absolute Gasteiger partial charge is 0.494 e. The van der Waals surface area contributed by atoms with Gasteiger partial charge in [-0.2, -0.15) is 0 Å². The van der Waals surface area contributed by atoms with Gasteiger partial charge in [-0.15, -0.1) is 0 Å². The molecular formula is C9H7Br2NO3. The van der Waals surface area contributed by atoms with Gasteiger partial charge in [-0.3, -0.25) is 10.1 Å². The molecule has 0 saturated carbocycles. The second-order valence-electron chi connectivity index (χ2n) is 2.62. The van der Waals surface area contributed by atoms with Crippen LogP contribution in [-0.4, -0.2) is 12.0 Å². The van der Waals surface area contributed by atoms with E-state index >= 15 is 0 Å². The first-order valence-corrected chi connectivity index (χ1v) is 5.48. The summed E-state index contributed by atoms with van der Waals surface area (Å²) in [6, 6.07) is 3.48. The lowest BCUT2D eigenvalue weighted by Gasteiger charge is -2.06. The lowest BCUT2D eigenvalue weighted by atomic mass is 10.2. The Morgan fingerprint density at radius 1 is 1.40 bits per heavy atom. The van der Waals surface area contributed by atoms with E-state index in [2.05, 4.69) is 31.9 Å². The molecular weight excluding hydrogens is 330 g/mol. The van der Waals surface area contributed by atoms with E-state index in [4.69, 9.17) is 4.74 Å². The third-order valence-electron chi connectivity index (χ3n) is 1.61. The molecule has 0 aliphatic rings. The third-order valence-corrected chi connectivity index (χ3v) is 2.79. The Bertz CT molecular complexity index is 395. The van der Waals surface area contributed by atoms with Crippen molar-refractivity contribution < 1.29 is 9.66 Å². The summed E-state index contributed by atoms with van der Waals surface area (Å²) in [6.07, 6.45) is 2.30. The number of hydrogen-bond acceptors (Lipinski definition) is 3. The van der Waals surface area contributed by atoms with Crippen molar-refractivity contribution in [2.24, 2.45) is 0 Å². The fraction of sp³-hybridized carbons (Fsp3) is 0.111. The molecule has 15 heavy (non-hydrogen) atoms. The van der Waals surface area contributed by atoms with Crippen molar-refractivity contribution in [2.45, 2.75) is 0 Å². The first kappa shape index (κ1) is 12.2. The second-order valence-corrected chi connectivity index (χ2v) is 4.33. The summed E-state index contributed by atoms with van der Waals surface area (Å²) in [5.74, 6) is 0.660. The highest BCUT2D eigenvalue weighted by Gasteiger charge is 2.06. The molecule has 6 heteroatoms. The van der Waals surface area contributed by atoms with Crippen molar-refractivity contribution in [2.75, 3.05) is 7.11 Å². The average molecular weight is 337 g/mol. The molecule has 0 amide bonds. The quantitative estimate of drug-likeness (QED) is 0.627. The fourth-order valence-corrected chi connectivity index (χ4v) is 2.56. The van der Waals surface area contributed by atoms with Gasteiger partial charge in [0.2, 0.25) is 6.20 Å². The Labute approximate surface area is 103 Å². The first-order chi connectivity index (χ1) is 7.04. The van der Waals surface area contributed by atoms with E-state index in [0.717, 1.165) is 15.1 Å². The van der Waals surface area contributed by atoms with Gasteiger partial charge in [0.15, 0.2) is 0 Å². The number of nitro groups is 1. The van der Waals surface area contributed by atoms with E-state index in [-0.39, 0.29) is 0 Å². The molecule has 0 unspecified atom stereocenters. The van der Waals surface area contributed by atoms with Gasteiger partial charge in [0.25, 0.3) is 0 Å². The number of halogens is 2. The minimum Gasteiger partial charge on any atom is -0.494 e. The Morgan fingerprint density at radius 3 is 2.33 bits per heavy atom. The van der Waals surface area contributed by atoms with Crippen LogP contribution in [0.25, 0.3) is 6.08 Å². The van der Waals surface area contributed by atoms with Gasteiger partial charge in [0, 0.05) is 6.08 Å². The topological polar surface area (TPSA) is 52.4 Å². The van der Waals surface area contributed by atoms with E-state index < -0.39 is 4.92 Å². The van der Waals surface area contributed by atoms with Crippen LogP contribution in [0.4, 0.5) is 0 Å². The number of hydrogen-bond donors (Lipinski definition) is 0. The number of rotatable bonds is 3. The molecule has 0 radical (unpaired) electrons. The van der Waals surface area contributed by atoms with Gasteiger partial charge in [-0.25, -0.2) is 0 Å². The molecule has 0 aromatic heterocycles. The Morgan fingerprint density at radius 2 is 1.93 bits per heavy atom. The molecule has 80 valence electrons. The normalized spacial score (nSPS) is 10.6. The SMILES string of the molecule is COc1c(Br)cc(/C=C/[N+](=O)[O-])cc1Br. The van der Waals surface area contributed by atoms with Crippen molar-refractivity contribution in [3.05, 3.63) is 43.0 Å². The molecule has 0 aliphatic heterocycles. The summed E-state index contributed by atoms with van der Waals surface area (Å²) in [7, 11) is 1.55. The summed E-state index contributed by atoms with van der Waals surface area (Å²) in [6.45, 7) is 0. The van der Waals surface area contributed by atoms with Crippen LogP contribution >= 0.6 is 31.9 Å². The minimum atomic E-state index is -0.508. The van der Waals surface area contributed by atoms with Crippen molar-refractivity contribution in [1.29, 1.82) is 0 Å². The van der Waals surface area contributed by atoms with Crippen LogP contribution in [0.15, 0.2) is 27.3 Å². The molecule has 0 bridgehead atoms. The number of ether oxygens (including phenoxy) is 1. The zero-order valence-corrected chi connectivity index (χ0v) is 10.9. The summed E-state index contributed by atoms with van der Waals surface area (Å²) >= 11 is 6.61. The summed E-state index contributed by atoms with van der Waals surface area (Å²) in [5, 5.41) is 10.1. The Kier molecular flexibility index (Phi) is 4.28. The van der Waals surface area contributed by atoms with Crippen LogP contribution in [0.3, 0.4) is 0 Å². The lowest BCUT2D eigenvalue weighted by Crippen LogP contribution is -1.88. The number of benzene rings is 1. The van der Waals surface area contributed by atoms with Crippen LogP contribution in [0.5, 0.6) is 5.75 Å². The highest BCUT2D eigenvalue weighted by atomic mass is 79.9. The van der Waals surface area contributed by atoms with Crippen LogP contribution in [0.1, 0.15) is 5.56 Å². The van der Waals surface area contributed by atoms with Crippen LogP contribution in [-0.2, 0) is 0 Å². The van der Waals surface area contributed by atoms with Crippen LogP contribution < -0.4 is 4.74 Å². The molecule has 0 heterocycles. The van der Waals surface area contributed by atoms with Gasteiger partial charge in [0.05, 0.1) is 21.0 Å². The maximum absolute atomic E-state index is 10.1. The maximum atomic E-state index is 10.1. The number of methoxy groups -OCH3 is 1. The van der Waals surface area contributed by atoms with E-state index in [1.165, 1.54) is 6.08 Å². The smallest absolute Gasteiger partial charge is 0.235 e. The molecule has 4 nitrogen and oxygen atoms in total. The highest BCUT2D eigenvalue weighted by molar-refractivity contribution is 9.11. The standard InChI is InChI=1S/C9H7Br2NO3/c1-15-9-7(10)4-6(5-8(9)11)2-3-12(13)14/h2-5H,1H3/b3-2+. The Balaban J connectivity index is 3.09. The Hall–Kier alpha value is -0.880. The second kappa shape index (κ2) is 5.27. The van der Waals surface area contributed by atoms with E-state index in [1.807, 2.05) is 0 Å². The molecule has 0 spiro atoms. The molecule has 1 aromatic carbocycles. The van der Waals surface area contributed by atoms with Crippen molar-refractivity contribution in [3.63, 3.8) is 0 Å². The summed E-state index contributed by atoms with van der Waals surface area (Å²) in [5.41, 5.74) is 0.714. The van der Waals surface area contributed by atoms with Crippen molar-refractivity contribution in [3.8, 4) is 5.75 Å². The van der Waals surface area contributed by atoms with Gasteiger partial charge in [-0.05, 0) is 49.6 Å². The van der Waals surface area contributed by atoms with Gasteiger partial charge in [-0.1, -0.05) is 0 Å².